The molecule has 0 radical (unpaired) electrons. The minimum absolute atomic E-state index is 0.0925. The van der Waals surface area contributed by atoms with Crippen LogP contribution in [0.5, 0.6) is 0 Å². The van der Waals surface area contributed by atoms with Gasteiger partial charge in [-0.25, -0.2) is 4.98 Å². The van der Waals surface area contributed by atoms with E-state index in [2.05, 4.69) is 25.7 Å². The fraction of sp³-hybridized carbons (Fsp3) is 0.300. The zero-order valence-corrected chi connectivity index (χ0v) is 11.6. The Morgan fingerprint density at radius 1 is 1.59 bits per heavy atom. The Morgan fingerprint density at radius 3 is 2.82 bits per heavy atom. The van der Waals surface area contributed by atoms with Crippen LogP contribution in [0.4, 0.5) is 0 Å². The second kappa shape index (κ2) is 5.97. The summed E-state index contributed by atoms with van der Waals surface area (Å²) in [7, 11) is 2.74. The number of carbonyl (C=O) groups is 2. The second-order valence-corrected chi connectivity index (χ2v) is 4.50. The molecule has 0 aliphatic rings. The SMILES string of the molecule is COC(=O)CN(C)C(=O)c1cc(Br)cnc1Cl. The highest BCUT2D eigenvalue weighted by Gasteiger charge is 2.18. The number of hydrogen-bond acceptors (Lipinski definition) is 4. The van der Waals surface area contributed by atoms with E-state index >= 15 is 0 Å². The molecular formula is C10H10BrClN2O3. The maximum Gasteiger partial charge on any atom is 0.325 e. The van der Waals surface area contributed by atoms with Gasteiger partial charge in [-0.2, -0.15) is 0 Å². The molecule has 1 aromatic heterocycles. The molecule has 0 aliphatic heterocycles. The summed E-state index contributed by atoms with van der Waals surface area (Å²) in [5.74, 6) is -0.894. The van der Waals surface area contributed by atoms with Crippen LogP contribution in [0, 0.1) is 0 Å². The molecule has 0 saturated carbocycles. The zero-order chi connectivity index (χ0) is 13.0. The van der Waals surface area contributed by atoms with Crippen LogP contribution in [0.25, 0.3) is 0 Å². The molecule has 0 unspecified atom stereocenters. The summed E-state index contributed by atoms with van der Waals surface area (Å²) in [5.41, 5.74) is 0.229. The largest absolute Gasteiger partial charge is 0.468 e. The summed E-state index contributed by atoms with van der Waals surface area (Å²) in [6.07, 6.45) is 1.49. The molecule has 1 heterocycles. The van der Waals surface area contributed by atoms with Crippen molar-refractivity contribution in [3.8, 4) is 0 Å². The van der Waals surface area contributed by atoms with Crippen LogP contribution < -0.4 is 0 Å². The molecule has 5 nitrogen and oxygen atoms in total. The van der Waals surface area contributed by atoms with Crippen molar-refractivity contribution in [2.75, 3.05) is 20.7 Å². The van der Waals surface area contributed by atoms with E-state index < -0.39 is 11.9 Å². The van der Waals surface area contributed by atoms with E-state index in [0.717, 1.165) is 0 Å². The summed E-state index contributed by atoms with van der Waals surface area (Å²) < 4.78 is 5.11. The number of rotatable bonds is 3. The predicted molar refractivity (Wildman–Crippen MR) is 65.9 cm³/mol. The predicted octanol–water partition coefficient (Wildman–Crippen LogP) is 1.74. The molecule has 0 saturated heterocycles. The summed E-state index contributed by atoms with van der Waals surface area (Å²) in [6, 6.07) is 1.55. The third-order valence-electron chi connectivity index (χ3n) is 1.98. The lowest BCUT2D eigenvalue weighted by Crippen LogP contribution is -2.32. The average molecular weight is 322 g/mol. The lowest BCUT2D eigenvalue weighted by molar-refractivity contribution is -0.141. The molecule has 1 aromatic rings. The van der Waals surface area contributed by atoms with Gasteiger partial charge in [-0.3, -0.25) is 9.59 Å². The van der Waals surface area contributed by atoms with Gasteiger partial charge >= 0.3 is 5.97 Å². The fourth-order valence-corrected chi connectivity index (χ4v) is 1.62. The topological polar surface area (TPSA) is 59.5 Å². The Morgan fingerprint density at radius 2 is 2.24 bits per heavy atom. The number of hydrogen-bond donors (Lipinski definition) is 0. The van der Waals surface area contributed by atoms with E-state index in [-0.39, 0.29) is 17.3 Å². The van der Waals surface area contributed by atoms with Crippen LogP contribution in [-0.4, -0.2) is 42.5 Å². The number of aromatic nitrogens is 1. The normalized spacial score (nSPS) is 9.88. The van der Waals surface area contributed by atoms with E-state index in [1.54, 1.807) is 6.07 Å². The number of methoxy groups -OCH3 is 1. The monoisotopic (exact) mass is 320 g/mol. The van der Waals surface area contributed by atoms with Crippen LogP contribution in [0.3, 0.4) is 0 Å². The van der Waals surface area contributed by atoms with Crippen LogP contribution in [0.1, 0.15) is 10.4 Å². The number of esters is 1. The number of halogens is 2. The van der Waals surface area contributed by atoms with Crippen molar-refractivity contribution in [3.63, 3.8) is 0 Å². The van der Waals surface area contributed by atoms with Gasteiger partial charge in [0.25, 0.3) is 5.91 Å². The van der Waals surface area contributed by atoms with Gasteiger partial charge in [0.15, 0.2) is 0 Å². The number of ether oxygens (including phenoxy) is 1. The molecule has 0 N–H and O–H groups in total. The van der Waals surface area contributed by atoms with Crippen LogP contribution in [0.2, 0.25) is 5.15 Å². The number of nitrogens with zero attached hydrogens (tertiary/aromatic N) is 2. The third kappa shape index (κ3) is 3.67. The van der Waals surface area contributed by atoms with Crippen LogP contribution in [-0.2, 0) is 9.53 Å². The van der Waals surface area contributed by atoms with Gasteiger partial charge < -0.3 is 9.64 Å². The molecular weight excluding hydrogens is 311 g/mol. The second-order valence-electron chi connectivity index (χ2n) is 3.23. The number of carbonyl (C=O) groups excluding carboxylic acids is 2. The maximum atomic E-state index is 11.9. The van der Waals surface area contributed by atoms with Crippen molar-refractivity contribution >= 4 is 39.4 Å². The summed E-state index contributed by atoms with van der Waals surface area (Å²) in [4.78, 5) is 28.0. The van der Waals surface area contributed by atoms with Crippen molar-refractivity contribution in [3.05, 3.63) is 27.5 Å². The van der Waals surface area contributed by atoms with E-state index in [0.29, 0.717) is 4.47 Å². The van der Waals surface area contributed by atoms with Gasteiger partial charge in [-0.1, -0.05) is 11.6 Å². The molecule has 1 rings (SSSR count). The quantitative estimate of drug-likeness (QED) is 0.628. The minimum atomic E-state index is -0.500. The van der Waals surface area contributed by atoms with Gasteiger partial charge in [0, 0.05) is 17.7 Å². The first-order valence-corrected chi connectivity index (χ1v) is 5.76. The molecule has 0 spiro atoms. The number of likely N-dealkylation sites (N-methyl/N-ethyl adjacent to an activating group) is 1. The highest BCUT2D eigenvalue weighted by Crippen LogP contribution is 2.19. The van der Waals surface area contributed by atoms with Crippen molar-refractivity contribution in [1.82, 2.24) is 9.88 Å². The first-order chi connectivity index (χ1) is 7.95. The van der Waals surface area contributed by atoms with Gasteiger partial charge in [-0.05, 0) is 22.0 Å². The standard InChI is InChI=1S/C10H10BrClN2O3/c1-14(5-8(15)17-2)10(16)7-3-6(11)4-13-9(7)12/h3-4H,5H2,1-2H3. The van der Waals surface area contributed by atoms with Crippen molar-refractivity contribution < 1.29 is 14.3 Å². The maximum absolute atomic E-state index is 11.9. The van der Waals surface area contributed by atoms with E-state index in [1.807, 2.05) is 0 Å². The average Bonchev–Trinajstić information content (AvgIpc) is 2.31. The fourth-order valence-electron chi connectivity index (χ4n) is 1.11. The smallest absolute Gasteiger partial charge is 0.325 e. The molecule has 92 valence electrons. The van der Waals surface area contributed by atoms with Gasteiger partial charge in [0.2, 0.25) is 0 Å². The van der Waals surface area contributed by atoms with Crippen molar-refractivity contribution in [2.24, 2.45) is 0 Å². The van der Waals surface area contributed by atoms with Crippen molar-refractivity contribution in [2.45, 2.75) is 0 Å². The molecule has 1 amide bonds. The van der Waals surface area contributed by atoms with E-state index in [4.69, 9.17) is 11.6 Å². The third-order valence-corrected chi connectivity index (χ3v) is 2.71. The van der Waals surface area contributed by atoms with E-state index in [1.165, 1.54) is 25.3 Å². The summed E-state index contributed by atoms with van der Waals surface area (Å²) in [6.45, 7) is -0.141. The van der Waals surface area contributed by atoms with Gasteiger partial charge in [-0.15, -0.1) is 0 Å². The molecule has 0 bridgehead atoms. The molecule has 0 aliphatic carbocycles. The first kappa shape index (κ1) is 13.9. The van der Waals surface area contributed by atoms with E-state index in [9.17, 15) is 9.59 Å². The lowest BCUT2D eigenvalue weighted by atomic mass is 10.2. The van der Waals surface area contributed by atoms with Gasteiger partial charge in [0.05, 0.1) is 12.7 Å². The number of pyridine rings is 1. The van der Waals surface area contributed by atoms with Crippen molar-refractivity contribution in [1.29, 1.82) is 0 Å². The number of amides is 1. The Kier molecular flexibility index (Phi) is 4.89. The Labute approximate surface area is 112 Å². The minimum Gasteiger partial charge on any atom is -0.468 e. The Balaban J connectivity index is 2.88. The van der Waals surface area contributed by atoms with Crippen LogP contribution in [0.15, 0.2) is 16.7 Å². The molecule has 0 atom stereocenters. The first-order valence-electron chi connectivity index (χ1n) is 4.59. The van der Waals surface area contributed by atoms with Crippen LogP contribution >= 0.6 is 27.5 Å². The highest BCUT2D eigenvalue weighted by molar-refractivity contribution is 9.10. The summed E-state index contributed by atoms with van der Waals surface area (Å²) in [5, 5.41) is 0.0925. The highest BCUT2D eigenvalue weighted by atomic mass is 79.9. The van der Waals surface area contributed by atoms with Gasteiger partial charge in [0.1, 0.15) is 11.7 Å². The molecule has 7 heteroatoms. The molecule has 17 heavy (non-hydrogen) atoms. The molecule has 0 aromatic carbocycles. The lowest BCUT2D eigenvalue weighted by Gasteiger charge is -2.16. The Bertz CT molecular complexity index is 453. The Hall–Kier alpha value is -1.14. The zero-order valence-electron chi connectivity index (χ0n) is 9.24. The summed E-state index contributed by atoms with van der Waals surface area (Å²) >= 11 is 9.00. The molecule has 0 fully saturated rings.